The maximum Gasteiger partial charge on any atom is 0.316 e. The first-order chi connectivity index (χ1) is 12.6. The lowest BCUT2D eigenvalue weighted by atomic mass is 9.43. The van der Waals surface area contributed by atoms with Gasteiger partial charge in [-0.2, -0.15) is 0 Å². The Morgan fingerprint density at radius 3 is 3.00 bits per heavy atom. The van der Waals surface area contributed by atoms with Gasteiger partial charge in [-0.1, -0.05) is 29.8 Å². The summed E-state index contributed by atoms with van der Waals surface area (Å²) in [5, 5.41) is 10.8. The lowest BCUT2D eigenvalue weighted by Gasteiger charge is -2.64. The molecule has 1 aliphatic carbocycles. The molecule has 3 bridgehead atoms. The van der Waals surface area contributed by atoms with E-state index >= 15 is 0 Å². The third-order valence-corrected chi connectivity index (χ3v) is 7.39. The lowest BCUT2D eigenvalue weighted by molar-refractivity contribution is -0.170. The van der Waals surface area contributed by atoms with E-state index in [-0.39, 0.29) is 24.5 Å². The van der Waals surface area contributed by atoms with Crippen LogP contribution < -0.4 is 0 Å². The van der Waals surface area contributed by atoms with Crippen molar-refractivity contribution >= 4 is 17.4 Å². The minimum Gasteiger partial charge on any atom is -0.468 e. The van der Waals surface area contributed by atoms with Gasteiger partial charge in [-0.15, -0.1) is 0 Å². The van der Waals surface area contributed by atoms with E-state index in [1.807, 2.05) is 25.1 Å². The molecule has 0 aromatic heterocycles. The van der Waals surface area contributed by atoms with Crippen molar-refractivity contribution in [2.45, 2.75) is 31.2 Å². The number of fused-ring (bicyclic) bond motifs is 2. The standard InChI is InChI=1S/C21H24N2O3/c1-3-13-11-23-9-8-20-14-6-4-5-7-16(14)22-18(20)17(23)10-15(13)21(20,12-24)19(25)26-2/h3-7,15,17,24H,8-12H2,1-2H3/b13-3-/t15-,17-,20+,21-/m0/s1. The highest BCUT2D eigenvalue weighted by molar-refractivity contribution is 6.11. The molecule has 1 saturated carbocycles. The Hall–Kier alpha value is -1.98. The maximum atomic E-state index is 13.3. The van der Waals surface area contributed by atoms with Gasteiger partial charge in [-0.3, -0.25) is 14.7 Å². The van der Waals surface area contributed by atoms with E-state index < -0.39 is 10.8 Å². The van der Waals surface area contributed by atoms with Crippen molar-refractivity contribution in [1.29, 1.82) is 0 Å². The zero-order valence-electron chi connectivity index (χ0n) is 15.2. The summed E-state index contributed by atoms with van der Waals surface area (Å²) >= 11 is 0. The highest BCUT2D eigenvalue weighted by Crippen LogP contribution is 2.65. The summed E-state index contributed by atoms with van der Waals surface area (Å²) in [6.45, 7) is 3.56. The number of hydrogen-bond acceptors (Lipinski definition) is 5. The zero-order valence-corrected chi connectivity index (χ0v) is 15.2. The molecule has 2 saturated heterocycles. The number of para-hydroxylation sites is 1. The van der Waals surface area contributed by atoms with Gasteiger partial charge in [-0.05, 0) is 31.4 Å². The van der Waals surface area contributed by atoms with E-state index in [4.69, 9.17) is 9.73 Å². The van der Waals surface area contributed by atoms with Crippen molar-refractivity contribution in [3.63, 3.8) is 0 Å². The van der Waals surface area contributed by atoms with Gasteiger partial charge >= 0.3 is 5.97 Å². The Morgan fingerprint density at radius 2 is 2.27 bits per heavy atom. The van der Waals surface area contributed by atoms with Crippen molar-refractivity contribution in [3.8, 4) is 0 Å². The largest absolute Gasteiger partial charge is 0.468 e. The maximum absolute atomic E-state index is 13.3. The molecule has 4 atom stereocenters. The van der Waals surface area contributed by atoms with Gasteiger partial charge in [-0.25, -0.2) is 0 Å². The molecule has 3 aliphatic heterocycles. The molecular weight excluding hydrogens is 328 g/mol. The number of aliphatic hydroxyl groups is 1. The minimum atomic E-state index is -1.00. The molecule has 3 fully saturated rings. The topological polar surface area (TPSA) is 62.1 Å². The SMILES string of the molecule is C/C=C1/CN2CC[C@]34C(=Nc5ccccc53)[C@@H]2C[C@@H]1[C@@]4(CO)C(=O)OC. The molecule has 1 N–H and O–H groups in total. The number of carbonyl (C=O) groups is 1. The Kier molecular flexibility index (Phi) is 3.29. The molecule has 1 aromatic rings. The second kappa shape index (κ2) is 5.27. The summed E-state index contributed by atoms with van der Waals surface area (Å²) in [5.74, 6) is -0.320. The van der Waals surface area contributed by atoms with Crippen LogP contribution in [0.3, 0.4) is 0 Å². The number of aliphatic hydroxyl groups excluding tert-OH is 1. The molecule has 1 aromatic carbocycles. The van der Waals surface area contributed by atoms with Crippen LogP contribution in [0.15, 0.2) is 40.9 Å². The highest BCUT2D eigenvalue weighted by atomic mass is 16.5. The van der Waals surface area contributed by atoms with Crippen LogP contribution in [0.25, 0.3) is 0 Å². The molecule has 5 heteroatoms. The first-order valence-corrected chi connectivity index (χ1v) is 9.41. The molecule has 0 radical (unpaired) electrons. The zero-order chi connectivity index (χ0) is 18.1. The molecule has 4 aliphatic rings. The Balaban J connectivity index is 1.87. The predicted octanol–water partition coefficient (Wildman–Crippen LogP) is 2.22. The fourth-order valence-corrected chi connectivity index (χ4v) is 6.33. The number of allylic oxidation sites excluding steroid dienone is 1. The van der Waals surface area contributed by atoms with Crippen LogP contribution in [-0.4, -0.2) is 54.5 Å². The fraction of sp³-hybridized carbons (Fsp3) is 0.524. The van der Waals surface area contributed by atoms with Gasteiger partial charge in [0.15, 0.2) is 0 Å². The van der Waals surface area contributed by atoms with Crippen molar-refractivity contribution in [3.05, 3.63) is 41.5 Å². The van der Waals surface area contributed by atoms with E-state index in [1.165, 1.54) is 12.7 Å². The molecule has 3 heterocycles. The van der Waals surface area contributed by atoms with Crippen LogP contribution in [-0.2, 0) is 14.9 Å². The number of hydrogen-bond donors (Lipinski definition) is 1. The summed E-state index contributed by atoms with van der Waals surface area (Å²) in [4.78, 5) is 20.8. The number of rotatable bonds is 2. The lowest BCUT2D eigenvalue weighted by Crippen LogP contribution is -2.74. The molecule has 26 heavy (non-hydrogen) atoms. The third kappa shape index (κ3) is 1.56. The van der Waals surface area contributed by atoms with Crippen molar-refractivity contribution < 1.29 is 14.6 Å². The molecule has 0 amide bonds. The number of nitrogens with zero attached hydrogens (tertiary/aromatic N) is 2. The molecule has 0 unspecified atom stereocenters. The Labute approximate surface area is 153 Å². The van der Waals surface area contributed by atoms with E-state index in [0.717, 1.165) is 42.9 Å². The number of esters is 1. The van der Waals surface area contributed by atoms with Crippen molar-refractivity contribution in [2.75, 3.05) is 26.8 Å². The van der Waals surface area contributed by atoms with Crippen LogP contribution in [0.1, 0.15) is 25.3 Å². The monoisotopic (exact) mass is 352 g/mol. The highest BCUT2D eigenvalue weighted by Gasteiger charge is 2.73. The summed E-state index contributed by atoms with van der Waals surface area (Å²) in [7, 11) is 1.44. The number of piperidine rings is 2. The van der Waals surface area contributed by atoms with Crippen LogP contribution in [0.4, 0.5) is 5.69 Å². The van der Waals surface area contributed by atoms with E-state index in [0.29, 0.717) is 0 Å². The molecule has 136 valence electrons. The van der Waals surface area contributed by atoms with Crippen molar-refractivity contribution in [1.82, 2.24) is 4.90 Å². The normalized spacial score (nSPS) is 38.7. The average molecular weight is 352 g/mol. The minimum absolute atomic E-state index is 0.0170. The van der Waals surface area contributed by atoms with Gasteiger partial charge < -0.3 is 9.84 Å². The van der Waals surface area contributed by atoms with E-state index in [1.54, 1.807) is 0 Å². The summed E-state index contributed by atoms with van der Waals surface area (Å²) in [6, 6.07) is 8.36. The van der Waals surface area contributed by atoms with Gasteiger partial charge in [0.05, 0.1) is 30.9 Å². The number of carbonyl (C=O) groups excluding carboxylic acids is 1. The van der Waals surface area contributed by atoms with Gasteiger partial charge in [0.1, 0.15) is 5.41 Å². The third-order valence-electron chi connectivity index (χ3n) is 7.39. The smallest absolute Gasteiger partial charge is 0.316 e. The average Bonchev–Trinajstić information content (AvgIpc) is 3.04. The van der Waals surface area contributed by atoms with Crippen LogP contribution >= 0.6 is 0 Å². The summed E-state index contributed by atoms with van der Waals surface area (Å²) in [5.41, 5.74) is 2.77. The number of methoxy groups -OCH3 is 1. The summed E-state index contributed by atoms with van der Waals surface area (Å²) < 4.78 is 5.34. The van der Waals surface area contributed by atoms with Crippen molar-refractivity contribution in [2.24, 2.45) is 16.3 Å². The van der Waals surface area contributed by atoms with Gasteiger partial charge in [0.2, 0.25) is 0 Å². The van der Waals surface area contributed by atoms with E-state index in [2.05, 4.69) is 17.0 Å². The second-order valence-electron chi connectivity index (χ2n) is 7.93. The number of aliphatic imine (C=N–C) groups is 1. The van der Waals surface area contributed by atoms with E-state index in [9.17, 15) is 9.90 Å². The predicted molar refractivity (Wildman–Crippen MR) is 98.6 cm³/mol. The Morgan fingerprint density at radius 1 is 1.46 bits per heavy atom. The number of ether oxygens (including phenoxy) is 1. The molecule has 0 spiro atoms. The van der Waals surface area contributed by atoms with Crippen LogP contribution in [0.2, 0.25) is 0 Å². The second-order valence-corrected chi connectivity index (χ2v) is 7.93. The quantitative estimate of drug-likeness (QED) is 0.655. The first kappa shape index (κ1) is 16.2. The van der Waals surface area contributed by atoms with Crippen LogP contribution in [0, 0.1) is 11.3 Å². The first-order valence-electron chi connectivity index (χ1n) is 9.41. The molecular formula is C21H24N2O3. The van der Waals surface area contributed by atoms with Gasteiger partial charge in [0, 0.05) is 24.7 Å². The molecule has 5 rings (SSSR count). The van der Waals surface area contributed by atoms with Gasteiger partial charge in [0.25, 0.3) is 0 Å². The summed E-state index contributed by atoms with van der Waals surface area (Å²) in [6.07, 6.45) is 3.75. The number of benzene rings is 1. The Bertz CT molecular complexity index is 861. The van der Waals surface area contributed by atoms with Crippen LogP contribution in [0.5, 0.6) is 0 Å². The fourth-order valence-electron chi connectivity index (χ4n) is 6.33. The molecule has 5 nitrogen and oxygen atoms in total.